The Balaban J connectivity index is 1.69. The van der Waals surface area contributed by atoms with E-state index in [0.717, 1.165) is 12.5 Å². The van der Waals surface area contributed by atoms with Gasteiger partial charge >= 0.3 is 0 Å². The molecule has 3 aromatic rings. The van der Waals surface area contributed by atoms with Crippen molar-refractivity contribution in [3.63, 3.8) is 0 Å². The van der Waals surface area contributed by atoms with Crippen LogP contribution < -0.4 is 10.1 Å². The first-order chi connectivity index (χ1) is 15.6. The monoisotopic (exact) mass is 476 g/mol. The Bertz CT molecular complexity index is 1260. The summed E-state index contributed by atoms with van der Waals surface area (Å²) >= 11 is 0. The number of aromatic nitrogens is 3. The van der Waals surface area contributed by atoms with Gasteiger partial charge < -0.3 is 10.1 Å². The van der Waals surface area contributed by atoms with Crippen molar-refractivity contribution >= 4 is 26.7 Å². The van der Waals surface area contributed by atoms with Crippen molar-refractivity contribution in [3.05, 3.63) is 53.3 Å². The van der Waals surface area contributed by atoms with Crippen LogP contribution >= 0.6 is 0 Å². The Labute approximate surface area is 191 Å². The van der Waals surface area contributed by atoms with Crippen LogP contribution in [0.1, 0.15) is 55.3 Å². The van der Waals surface area contributed by atoms with E-state index in [1.807, 2.05) is 13.0 Å². The number of anilines is 1. The van der Waals surface area contributed by atoms with Crippen molar-refractivity contribution in [1.29, 1.82) is 0 Å². The maximum atomic E-state index is 13.8. The molecule has 7 nitrogen and oxygen atoms in total. The van der Waals surface area contributed by atoms with Crippen molar-refractivity contribution in [2.24, 2.45) is 0 Å². The maximum absolute atomic E-state index is 13.8. The van der Waals surface area contributed by atoms with Gasteiger partial charge in [0.05, 0.1) is 24.0 Å². The molecule has 1 aliphatic heterocycles. The summed E-state index contributed by atoms with van der Waals surface area (Å²) in [4.78, 5) is 13.1. The Hall–Kier alpha value is -2.88. The predicted molar refractivity (Wildman–Crippen MR) is 123 cm³/mol. The molecule has 1 atom stereocenters. The average Bonchev–Trinajstić information content (AvgIpc) is 2.78. The molecular formula is C23H26F2N4O3S. The minimum atomic E-state index is -3.01. The zero-order chi connectivity index (χ0) is 23.8. The first-order valence-electron chi connectivity index (χ1n) is 10.7. The third-order valence-corrected chi connectivity index (χ3v) is 7.77. The third-order valence-electron chi connectivity index (χ3n) is 6.05. The predicted octanol–water partition coefficient (Wildman–Crippen LogP) is 4.61. The number of sulfone groups is 1. The minimum absolute atomic E-state index is 0.00526. The van der Waals surface area contributed by atoms with Crippen molar-refractivity contribution in [1.82, 2.24) is 15.0 Å². The van der Waals surface area contributed by atoms with Crippen LogP contribution in [0.25, 0.3) is 11.0 Å². The number of pyridine rings is 1. The normalized spacial score (nSPS) is 17.6. The number of rotatable bonds is 6. The number of fused-ring (bicyclic) bond motifs is 1. The van der Waals surface area contributed by atoms with Crippen LogP contribution in [-0.4, -0.2) is 42.0 Å². The number of hydrogen-bond donors (Lipinski definition) is 1. The second kappa shape index (κ2) is 8.81. The SMILES string of the molecule is COc1nc2ncnc(N[C@H](C)c3cccc(C(C)(F)F)c3)c2cc1C1CCS(=O)(=O)CC1. The van der Waals surface area contributed by atoms with Crippen LogP contribution in [0.2, 0.25) is 0 Å². The van der Waals surface area contributed by atoms with Crippen molar-refractivity contribution in [2.45, 2.75) is 44.6 Å². The number of nitrogens with one attached hydrogen (secondary N) is 1. The van der Waals surface area contributed by atoms with Gasteiger partial charge in [0, 0.05) is 24.1 Å². The maximum Gasteiger partial charge on any atom is 0.270 e. The highest BCUT2D eigenvalue weighted by Crippen LogP contribution is 2.37. The molecule has 10 heteroatoms. The summed E-state index contributed by atoms with van der Waals surface area (Å²) in [5, 5.41) is 3.95. The van der Waals surface area contributed by atoms with E-state index in [0.29, 0.717) is 41.1 Å². The fourth-order valence-corrected chi connectivity index (χ4v) is 5.62. The van der Waals surface area contributed by atoms with Crippen LogP contribution in [0.5, 0.6) is 5.88 Å². The van der Waals surface area contributed by atoms with E-state index < -0.39 is 15.8 Å². The second-order valence-electron chi connectivity index (χ2n) is 8.49. The van der Waals surface area contributed by atoms with Gasteiger partial charge in [0.15, 0.2) is 5.65 Å². The van der Waals surface area contributed by atoms with Gasteiger partial charge in [-0.05, 0) is 43.4 Å². The molecule has 0 amide bonds. The molecule has 4 rings (SSSR count). The van der Waals surface area contributed by atoms with Gasteiger partial charge in [0.2, 0.25) is 5.88 Å². The lowest BCUT2D eigenvalue weighted by Gasteiger charge is -2.24. The Morgan fingerprint density at radius 1 is 1.18 bits per heavy atom. The van der Waals surface area contributed by atoms with E-state index in [4.69, 9.17) is 4.74 Å². The van der Waals surface area contributed by atoms with Crippen molar-refractivity contribution in [2.75, 3.05) is 23.9 Å². The lowest BCUT2D eigenvalue weighted by molar-refractivity contribution is 0.0174. The standard InChI is InChI=1S/C23H26F2N4O3S/c1-14(16-5-4-6-17(11-16)23(2,24)25)28-20-19-12-18(15-7-9-33(30,31)10-8-15)22(32-3)29-21(19)27-13-26-20/h4-6,11-15H,7-10H2,1-3H3,(H,26,27,28,29)/t14-/m1/s1. The Morgan fingerprint density at radius 3 is 2.58 bits per heavy atom. The van der Waals surface area contributed by atoms with Gasteiger partial charge in [-0.1, -0.05) is 18.2 Å². The number of methoxy groups -OCH3 is 1. The van der Waals surface area contributed by atoms with Gasteiger partial charge in [-0.25, -0.2) is 27.2 Å². The Kier molecular flexibility index (Phi) is 6.22. The van der Waals surface area contributed by atoms with Crippen LogP contribution in [-0.2, 0) is 15.8 Å². The van der Waals surface area contributed by atoms with E-state index >= 15 is 0 Å². The van der Waals surface area contributed by atoms with E-state index in [9.17, 15) is 17.2 Å². The first-order valence-corrected chi connectivity index (χ1v) is 12.5. The molecule has 1 saturated heterocycles. The molecule has 1 fully saturated rings. The summed E-state index contributed by atoms with van der Waals surface area (Å²) < 4.78 is 56.8. The van der Waals surface area contributed by atoms with Gasteiger partial charge in [0.25, 0.3) is 5.92 Å². The van der Waals surface area contributed by atoms with Gasteiger partial charge in [0.1, 0.15) is 22.0 Å². The molecule has 0 spiro atoms. The smallest absolute Gasteiger partial charge is 0.270 e. The minimum Gasteiger partial charge on any atom is -0.481 e. The number of halogens is 2. The quantitative estimate of drug-likeness (QED) is 0.555. The summed E-state index contributed by atoms with van der Waals surface area (Å²) in [6.45, 7) is 2.74. The average molecular weight is 477 g/mol. The van der Waals surface area contributed by atoms with Crippen LogP contribution in [0.4, 0.5) is 14.6 Å². The van der Waals surface area contributed by atoms with Gasteiger partial charge in [-0.3, -0.25) is 0 Å². The van der Waals surface area contributed by atoms with Gasteiger partial charge in [-0.15, -0.1) is 0 Å². The molecule has 3 heterocycles. The number of alkyl halides is 2. The highest BCUT2D eigenvalue weighted by Gasteiger charge is 2.28. The Morgan fingerprint density at radius 2 is 1.91 bits per heavy atom. The molecule has 0 saturated carbocycles. The zero-order valence-electron chi connectivity index (χ0n) is 18.7. The molecule has 0 unspecified atom stereocenters. The summed E-state index contributed by atoms with van der Waals surface area (Å²) in [6, 6.07) is 7.87. The molecule has 2 aromatic heterocycles. The molecular weight excluding hydrogens is 450 g/mol. The second-order valence-corrected chi connectivity index (χ2v) is 10.8. The van der Waals surface area contributed by atoms with Crippen LogP contribution in [0.3, 0.4) is 0 Å². The van der Waals surface area contributed by atoms with Crippen molar-refractivity contribution < 1.29 is 21.9 Å². The van der Waals surface area contributed by atoms with E-state index in [1.165, 1.54) is 25.6 Å². The summed E-state index contributed by atoms with van der Waals surface area (Å²) in [5.74, 6) is -1.74. The van der Waals surface area contributed by atoms with E-state index in [-0.39, 0.29) is 29.0 Å². The highest BCUT2D eigenvalue weighted by atomic mass is 32.2. The first kappa shape index (κ1) is 23.3. The number of ether oxygens (including phenoxy) is 1. The van der Waals surface area contributed by atoms with E-state index in [1.54, 1.807) is 12.1 Å². The summed E-state index contributed by atoms with van der Waals surface area (Å²) in [7, 11) is -1.48. The highest BCUT2D eigenvalue weighted by molar-refractivity contribution is 7.91. The number of benzene rings is 1. The molecule has 0 bridgehead atoms. The van der Waals surface area contributed by atoms with Crippen LogP contribution in [0.15, 0.2) is 36.7 Å². The summed E-state index contributed by atoms with van der Waals surface area (Å²) in [5.41, 5.74) is 1.89. The number of nitrogens with zero attached hydrogens (tertiary/aromatic N) is 3. The van der Waals surface area contributed by atoms with Crippen molar-refractivity contribution in [3.8, 4) is 5.88 Å². The lowest BCUT2D eigenvalue weighted by atomic mass is 9.93. The third kappa shape index (κ3) is 5.05. The lowest BCUT2D eigenvalue weighted by Crippen LogP contribution is -2.22. The topological polar surface area (TPSA) is 94.1 Å². The molecule has 1 aliphatic rings. The molecule has 1 N–H and O–H groups in total. The zero-order valence-corrected chi connectivity index (χ0v) is 19.5. The fourth-order valence-electron chi connectivity index (χ4n) is 4.13. The molecule has 176 valence electrons. The summed E-state index contributed by atoms with van der Waals surface area (Å²) in [6.07, 6.45) is 2.38. The number of hydrogen-bond acceptors (Lipinski definition) is 7. The van der Waals surface area contributed by atoms with Crippen LogP contribution in [0, 0.1) is 0 Å². The molecule has 0 radical (unpaired) electrons. The van der Waals surface area contributed by atoms with Gasteiger partial charge in [-0.2, -0.15) is 4.98 Å². The van der Waals surface area contributed by atoms with E-state index in [2.05, 4.69) is 20.3 Å². The molecule has 33 heavy (non-hydrogen) atoms. The molecule has 1 aromatic carbocycles. The molecule has 0 aliphatic carbocycles. The fraction of sp³-hybridized carbons (Fsp3) is 0.435. The largest absolute Gasteiger partial charge is 0.481 e.